The van der Waals surface area contributed by atoms with Crippen molar-refractivity contribution in [2.75, 3.05) is 14.2 Å². The molecule has 0 aliphatic rings. The van der Waals surface area contributed by atoms with Crippen LogP contribution in [0.5, 0.6) is 11.5 Å². The molecule has 4 aromatic rings. The summed E-state index contributed by atoms with van der Waals surface area (Å²) >= 11 is 0. The molecule has 182 valence electrons. The third-order valence-electron chi connectivity index (χ3n) is 6.08. The minimum atomic E-state index is -1.03. The van der Waals surface area contributed by atoms with E-state index in [-0.39, 0.29) is 23.3 Å². The Morgan fingerprint density at radius 1 is 1.20 bits per heavy atom. The van der Waals surface area contributed by atoms with Crippen LogP contribution in [0.3, 0.4) is 0 Å². The monoisotopic (exact) mass is 478 g/mol. The van der Waals surface area contributed by atoms with E-state index in [1.54, 1.807) is 43.7 Å². The molecule has 3 N–H and O–H groups in total. The van der Waals surface area contributed by atoms with E-state index in [2.05, 4.69) is 15.0 Å². The highest BCUT2D eigenvalue weighted by Crippen LogP contribution is 2.32. The highest BCUT2D eigenvalue weighted by molar-refractivity contribution is 5.81. The fourth-order valence-electron chi connectivity index (χ4n) is 4.23. The number of aryl methyl sites for hydroxylation is 2. The van der Waals surface area contributed by atoms with Crippen LogP contribution in [0, 0.1) is 6.92 Å². The standard InChI is InChI=1S/C25H26N4O6/c1-14-8-21(30)23(25(33)29(14)7-6-16-12-26-13-27-16)18(11-22(31)35-3)19-10-15-9-17(34-2)4-5-20(15)28-24(19)32/h4-5,8-10,12-13,18,30H,6-7,11H2,1-3H3,(H,26,27)(H,28,32). The number of aromatic amines is 2. The third-order valence-corrected chi connectivity index (χ3v) is 6.08. The summed E-state index contributed by atoms with van der Waals surface area (Å²) in [5.74, 6) is -1.36. The predicted octanol–water partition coefficient (Wildman–Crippen LogP) is 2.37. The van der Waals surface area contributed by atoms with Crippen LogP contribution < -0.4 is 15.9 Å². The number of nitrogens with one attached hydrogen (secondary N) is 2. The average molecular weight is 479 g/mol. The van der Waals surface area contributed by atoms with Crippen molar-refractivity contribution >= 4 is 16.9 Å². The van der Waals surface area contributed by atoms with Gasteiger partial charge in [-0.2, -0.15) is 0 Å². The SMILES string of the molecule is COC(=O)CC(c1cc2cc(OC)ccc2[nH]c1=O)c1c(O)cc(C)n(CCc2cnc[nH]2)c1=O. The van der Waals surface area contributed by atoms with E-state index in [1.165, 1.54) is 24.9 Å². The number of methoxy groups -OCH3 is 2. The maximum atomic E-state index is 13.6. The van der Waals surface area contributed by atoms with Gasteiger partial charge in [0.15, 0.2) is 0 Å². The third kappa shape index (κ3) is 4.81. The van der Waals surface area contributed by atoms with Crippen molar-refractivity contribution in [2.45, 2.75) is 32.2 Å². The Hall–Kier alpha value is -4.34. The first kappa shape index (κ1) is 23.8. The molecule has 10 heteroatoms. The lowest BCUT2D eigenvalue weighted by molar-refractivity contribution is -0.140. The number of carbonyl (C=O) groups is 1. The molecule has 0 saturated heterocycles. The van der Waals surface area contributed by atoms with Crippen LogP contribution in [-0.4, -0.2) is 44.8 Å². The van der Waals surface area contributed by atoms with Crippen LogP contribution in [0.25, 0.3) is 10.9 Å². The Morgan fingerprint density at radius 3 is 2.69 bits per heavy atom. The summed E-state index contributed by atoms with van der Waals surface area (Å²) in [7, 11) is 2.76. The molecule has 3 aromatic heterocycles. The molecule has 1 aromatic carbocycles. The lowest BCUT2D eigenvalue weighted by Gasteiger charge is -2.20. The van der Waals surface area contributed by atoms with Crippen molar-refractivity contribution < 1.29 is 19.4 Å². The molecule has 0 bridgehead atoms. The van der Waals surface area contributed by atoms with Gasteiger partial charge in [0.2, 0.25) is 0 Å². The first-order valence-electron chi connectivity index (χ1n) is 11.0. The van der Waals surface area contributed by atoms with Crippen molar-refractivity contribution in [1.82, 2.24) is 19.5 Å². The quantitative estimate of drug-likeness (QED) is 0.330. The van der Waals surface area contributed by atoms with Crippen molar-refractivity contribution in [3.05, 3.63) is 86.1 Å². The summed E-state index contributed by atoms with van der Waals surface area (Å²) < 4.78 is 11.6. The van der Waals surface area contributed by atoms with Gasteiger partial charge in [0, 0.05) is 52.9 Å². The Balaban J connectivity index is 1.88. The van der Waals surface area contributed by atoms with E-state index >= 15 is 0 Å². The number of rotatable bonds is 8. The van der Waals surface area contributed by atoms with Crippen molar-refractivity contribution in [1.29, 1.82) is 0 Å². The number of benzene rings is 1. The van der Waals surface area contributed by atoms with E-state index in [0.717, 1.165) is 5.69 Å². The Bertz CT molecular complexity index is 1490. The number of imidazole rings is 1. The van der Waals surface area contributed by atoms with Crippen LogP contribution in [0.15, 0.2) is 52.4 Å². The zero-order chi connectivity index (χ0) is 25.1. The first-order chi connectivity index (χ1) is 16.8. The van der Waals surface area contributed by atoms with Gasteiger partial charge < -0.3 is 29.1 Å². The molecule has 1 unspecified atom stereocenters. The molecular weight excluding hydrogens is 452 g/mol. The molecule has 0 aliphatic heterocycles. The van der Waals surface area contributed by atoms with Gasteiger partial charge in [-0.25, -0.2) is 4.98 Å². The summed E-state index contributed by atoms with van der Waals surface area (Å²) in [6.45, 7) is 2.03. The van der Waals surface area contributed by atoms with Gasteiger partial charge in [0.05, 0.1) is 32.5 Å². The van der Waals surface area contributed by atoms with Gasteiger partial charge in [0.1, 0.15) is 11.5 Å². The van der Waals surface area contributed by atoms with Crippen molar-refractivity contribution in [3.8, 4) is 11.5 Å². The molecule has 1 atom stereocenters. The Labute approximate surface area is 200 Å². The van der Waals surface area contributed by atoms with E-state index in [1.807, 2.05) is 0 Å². The van der Waals surface area contributed by atoms with E-state index in [4.69, 9.17) is 9.47 Å². The smallest absolute Gasteiger partial charge is 0.306 e. The number of carbonyl (C=O) groups excluding carboxylic acids is 1. The molecule has 0 fully saturated rings. The molecule has 0 aliphatic carbocycles. The number of H-pyrrole nitrogens is 2. The van der Waals surface area contributed by atoms with Gasteiger partial charge >= 0.3 is 5.97 Å². The number of fused-ring (bicyclic) bond motifs is 1. The molecule has 35 heavy (non-hydrogen) atoms. The second-order valence-electron chi connectivity index (χ2n) is 8.21. The molecule has 0 saturated carbocycles. The average Bonchev–Trinajstić information content (AvgIpc) is 3.36. The zero-order valence-corrected chi connectivity index (χ0v) is 19.6. The largest absolute Gasteiger partial charge is 0.507 e. The van der Waals surface area contributed by atoms with E-state index in [9.17, 15) is 19.5 Å². The maximum absolute atomic E-state index is 13.6. The zero-order valence-electron chi connectivity index (χ0n) is 19.6. The maximum Gasteiger partial charge on any atom is 0.306 e. The van der Waals surface area contributed by atoms with Gasteiger partial charge in [-0.1, -0.05) is 0 Å². The van der Waals surface area contributed by atoms with Crippen molar-refractivity contribution in [3.63, 3.8) is 0 Å². The summed E-state index contributed by atoms with van der Waals surface area (Å²) in [4.78, 5) is 48.8. The van der Waals surface area contributed by atoms with Gasteiger partial charge in [0.25, 0.3) is 11.1 Å². The highest BCUT2D eigenvalue weighted by Gasteiger charge is 2.29. The Morgan fingerprint density at radius 2 is 2.00 bits per heavy atom. The van der Waals surface area contributed by atoms with Crippen LogP contribution in [0.4, 0.5) is 0 Å². The summed E-state index contributed by atoms with van der Waals surface area (Å²) in [6, 6.07) is 8.24. The van der Waals surface area contributed by atoms with E-state index < -0.39 is 23.0 Å². The molecule has 0 amide bonds. The predicted molar refractivity (Wildman–Crippen MR) is 129 cm³/mol. The number of nitrogens with zero attached hydrogens (tertiary/aromatic N) is 2. The first-order valence-corrected chi connectivity index (χ1v) is 11.0. The molecular formula is C25H26N4O6. The second-order valence-corrected chi connectivity index (χ2v) is 8.21. The fraction of sp³-hybridized carbons (Fsp3) is 0.280. The summed E-state index contributed by atoms with van der Waals surface area (Å²) in [5.41, 5.74) is 1.12. The minimum absolute atomic E-state index is 0.0432. The number of hydrogen-bond donors (Lipinski definition) is 3. The normalized spacial score (nSPS) is 12.0. The lowest BCUT2D eigenvalue weighted by atomic mass is 9.88. The molecule has 0 radical (unpaired) electrons. The lowest BCUT2D eigenvalue weighted by Crippen LogP contribution is -2.31. The number of ether oxygens (including phenoxy) is 2. The topological polar surface area (TPSA) is 139 Å². The second kappa shape index (κ2) is 9.88. The number of aromatic nitrogens is 4. The number of aromatic hydroxyl groups is 1. The molecule has 0 spiro atoms. The molecule has 10 nitrogen and oxygen atoms in total. The summed E-state index contributed by atoms with van der Waals surface area (Å²) in [5, 5.41) is 11.5. The van der Waals surface area contributed by atoms with Crippen LogP contribution >= 0.6 is 0 Å². The summed E-state index contributed by atoms with van der Waals surface area (Å²) in [6.07, 6.45) is 3.43. The highest BCUT2D eigenvalue weighted by atomic mass is 16.5. The van der Waals surface area contributed by atoms with Crippen LogP contribution in [0.2, 0.25) is 0 Å². The number of pyridine rings is 2. The molecule has 3 heterocycles. The van der Waals surface area contributed by atoms with Crippen LogP contribution in [0.1, 0.15) is 34.9 Å². The van der Waals surface area contributed by atoms with Crippen molar-refractivity contribution in [2.24, 2.45) is 0 Å². The Kier molecular flexibility index (Phi) is 6.72. The number of hydrogen-bond acceptors (Lipinski definition) is 7. The van der Waals surface area contributed by atoms with Gasteiger partial charge in [-0.15, -0.1) is 0 Å². The fourth-order valence-corrected chi connectivity index (χ4v) is 4.23. The number of esters is 1. The van der Waals surface area contributed by atoms with Gasteiger partial charge in [-0.3, -0.25) is 14.4 Å². The van der Waals surface area contributed by atoms with Crippen LogP contribution in [-0.2, 0) is 22.5 Å². The minimum Gasteiger partial charge on any atom is -0.507 e. The van der Waals surface area contributed by atoms with Gasteiger partial charge in [-0.05, 0) is 37.3 Å². The molecule has 4 rings (SSSR count). The van der Waals surface area contributed by atoms with E-state index in [0.29, 0.717) is 35.3 Å².